The molecular weight excluding hydrogens is 270 g/mol. The molecule has 1 aromatic heterocycles. The summed E-state index contributed by atoms with van der Waals surface area (Å²) in [7, 11) is 0. The number of halogens is 1. The summed E-state index contributed by atoms with van der Waals surface area (Å²) in [5.41, 5.74) is 11.4. The summed E-state index contributed by atoms with van der Waals surface area (Å²) in [6.07, 6.45) is 0. The van der Waals surface area contributed by atoms with Crippen LogP contribution in [0.1, 0.15) is 11.1 Å². The van der Waals surface area contributed by atoms with Crippen LogP contribution in [0.5, 0.6) is 0 Å². The molecule has 4 heteroatoms. The molecule has 20 heavy (non-hydrogen) atoms. The molecule has 0 radical (unpaired) electrons. The summed E-state index contributed by atoms with van der Waals surface area (Å²) >= 11 is 5.91. The van der Waals surface area contributed by atoms with E-state index in [9.17, 15) is 0 Å². The fraction of sp³-hybridized carbons (Fsp3) is 0.125. The van der Waals surface area contributed by atoms with E-state index in [-0.39, 0.29) is 5.28 Å². The zero-order valence-corrected chi connectivity index (χ0v) is 12.1. The van der Waals surface area contributed by atoms with Gasteiger partial charge in [-0.15, -0.1) is 0 Å². The van der Waals surface area contributed by atoms with Crippen LogP contribution in [0.2, 0.25) is 5.28 Å². The number of nitrogens with two attached hydrogens (primary N) is 1. The second-order valence-corrected chi connectivity index (χ2v) is 5.17. The van der Waals surface area contributed by atoms with Crippen LogP contribution in [-0.2, 0) is 0 Å². The van der Waals surface area contributed by atoms with E-state index in [1.165, 1.54) is 5.56 Å². The Kier molecular flexibility index (Phi) is 3.07. The molecule has 0 bridgehead atoms. The topological polar surface area (TPSA) is 51.8 Å². The number of fused-ring (bicyclic) bond motifs is 1. The third kappa shape index (κ3) is 2.00. The van der Waals surface area contributed by atoms with E-state index in [1.807, 2.05) is 24.3 Å². The number of benzene rings is 2. The van der Waals surface area contributed by atoms with Crippen molar-refractivity contribution < 1.29 is 0 Å². The lowest BCUT2D eigenvalue weighted by molar-refractivity contribution is 1.22. The average molecular weight is 284 g/mol. The Balaban J connectivity index is 2.49. The Morgan fingerprint density at radius 2 is 1.75 bits per heavy atom. The Bertz CT molecular complexity index is 798. The van der Waals surface area contributed by atoms with Gasteiger partial charge >= 0.3 is 0 Å². The first-order chi connectivity index (χ1) is 9.58. The van der Waals surface area contributed by atoms with Crippen molar-refractivity contribution >= 4 is 28.3 Å². The Hall–Kier alpha value is -2.13. The lowest BCUT2D eigenvalue weighted by Gasteiger charge is -2.14. The molecule has 0 unspecified atom stereocenters. The summed E-state index contributed by atoms with van der Waals surface area (Å²) in [4.78, 5) is 8.39. The van der Waals surface area contributed by atoms with E-state index in [0.29, 0.717) is 5.82 Å². The molecule has 1 heterocycles. The van der Waals surface area contributed by atoms with Gasteiger partial charge in [0.15, 0.2) is 0 Å². The molecular formula is C16H14ClN3. The fourth-order valence-electron chi connectivity index (χ4n) is 2.49. The molecule has 0 fully saturated rings. The Labute approximate surface area is 122 Å². The van der Waals surface area contributed by atoms with Crippen molar-refractivity contribution in [1.82, 2.24) is 9.97 Å². The van der Waals surface area contributed by atoms with Crippen LogP contribution in [0.3, 0.4) is 0 Å². The first-order valence-electron chi connectivity index (χ1n) is 6.36. The van der Waals surface area contributed by atoms with E-state index in [4.69, 9.17) is 17.3 Å². The molecule has 0 atom stereocenters. The number of nitrogens with zero attached hydrogens (tertiary/aromatic N) is 2. The largest absolute Gasteiger partial charge is 0.383 e. The average Bonchev–Trinajstić information content (AvgIpc) is 2.42. The maximum atomic E-state index is 6.08. The second kappa shape index (κ2) is 4.76. The van der Waals surface area contributed by atoms with Crippen LogP contribution in [-0.4, -0.2) is 9.97 Å². The molecule has 0 saturated carbocycles. The summed E-state index contributed by atoms with van der Waals surface area (Å²) < 4.78 is 0. The van der Waals surface area contributed by atoms with Gasteiger partial charge in [-0.05, 0) is 53.8 Å². The fourth-order valence-corrected chi connectivity index (χ4v) is 2.67. The standard InChI is InChI=1S/C16H14ClN3/c1-9-8-12-14(15(18)20-16(17)19-12)13(10(9)2)11-6-4-3-5-7-11/h3-8H,1-2H3,(H2,18,19,20). The highest BCUT2D eigenvalue weighted by Crippen LogP contribution is 2.36. The van der Waals surface area contributed by atoms with Crippen LogP contribution in [0.15, 0.2) is 36.4 Å². The van der Waals surface area contributed by atoms with Gasteiger partial charge in [0.05, 0.1) is 10.9 Å². The summed E-state index contributed by atoms with van der Waals surface area (Å²) in [6, 6.07) is 12.1. The number of anilines is 1. The SMILES string of the molecule is Cc1cc2nc(Cl)nc(N)c2c(-c2ccccc2)c1C. The highest BCUT2D eigenvalue weighted by Gasteiger charge is 2.14. The van der Waals surface area contributed by atoms with Gasteiger partial charge in [-0.3, -0.25) is 0 Å². The molecule has 0 spiro atoms. The lowest BCUT2D eigenvalue weighted by Crippen LogP contribution is -1.99. The van der Waals surface area contributed by atoms with Crippen molar-refractivity contribution in [3.63, 3.8) is 0 Å². The highest BCUT2D eigenvalue weighted by molar-refractivity contribution is 6.29. The summed E-state index contributed by atoms with van der Waals surface area (Å²) in [5.74, 6) is 0.418. The molecule has 3 aromatic rings. The second-order valence-electron chi connectivity index (χ2n) is 4.83. The minimum atomic E-state index is 0.178. The third-order valence-corrected chi connectivity index (χ3v) is 3.74. The van der Waals surface area contributed by atoms with Crippen molar-refractivity contribution in [2.75, 3.05) is 5.73 Å². The Morgan fingerprint density at radius 3 is 2.45 bits per heavy atom. The quantitative estimate of drug-likeness (QED) is 0.683. The molecule has 3 nitrogen and oxygen atoms in total. The van der Waals surface area contributed by atoms with E-state index < -0.39 is 0 Å². The van der Waals surface area contributed by atoms with Gasteiger partial charge in [-0.2, -0.15) is 0 Å². The van der Waals surface area contributed by atoms with Crippen molar-refractivity contribution in [2.24, 2.45) is 0 Å². The molecule has 3 rings (SSSR count). The van der Waals surface area contributed by atoms with Crippen LogP contribution in [0, 0.1) is 13.8 Å². The van der Waals surface area contributed by atoms with E-state index >= 15 is 0 Å². The van der Waals surface area contributed by atoms with Crippen LogP contribution >= 0.6 is 11.6 Å². The highest BCUT2D eigenvalue weighted by atomic mass is 35.5. The Morgan fingerprint density at radius 1 is 1.05 bits per heavy atom. The normalized spacial score (nSPS) is 10.9. The van der Waals surface area contributed by atoms with Gasteiger partial charge < -0.3 is 5.73 Å². The molecule has 0 saturated heterocycles. The predicted molar refractivity (Wildman–Crippen MR) is 83.9 cm³/mol. The molecule has 0 aliphatic carbocycles. The van der Waals surface area contributed by atoms with Gasteiger partial charge in [-0.1, -0.05) is 30.3 Å². The van der Waals surface area contributed by atoms with Gasteiger partial charge in [0, 0.05) is 0 Å². The molecule has 2 N–H and O–H groups in total. The van der Waals surface area contributed by atoms with Gasteiger partial charge in [-0.25, -0.2) is 9.97 Å². The number of hydrogen-bond acceptors (Lipinski definition) is 3. The molecule has 2 aromatic carbocycles. The summed E-state index contributed by atoms with van der Waals surface area (Å²) in [5, 5.41) is 1.04. The minimum absolute atomic E-state index is 0.178. The van der Waals surface area contributed by atoms with Crippen molar-refractivity contribution in [2.45, 2.75) is 13.8 Å². The number of nitrogen functional groups attached to an aromatic ring is 1. The van der Waals surface area contributed by atoms with Crippen molar-refractivity contribution in [3.8, 4) is 11.1 Å². The molecule has 0 aliphatic heterocycles. The smallest absolute Gasteiger partial charge is 0.224 e. The number of aromatic nitrogens is 2. The van der Waals surface area contributed by atoms with Gasteiger partial charge in [0.1, 0.15) is 5.82 Å². The number of rotatable bonds is 1. The number of aryl methyl sites for hydroxylation is 1. The van der Waals surface area contributed by atoms with Crippen LogP contribution in [0.25, 0.3) is 22.0 Å². The zero-order chi connectivity index (χ0) is 14.3. The molecule has 0 aliphatic rings. The van der Waals surface area contributed by atoms with Crippen LogP contribution in [0.4, 0.5) is 5.82 Å². The maximum absolute atomic E-state index is 6.08. The maximum Gasteiger partial charge on any atom is 0.224 e. The first-order valence-corrected chi connectivity index (χ1v) is 6.74. The summed E-state index contributed by atoms with van der Waals surface area (Å²) in [6.45, 7) is 4.15. The first kappa shape index (κ1) is 12.9. The molecule has 100 valence electrons. The zero-order valence-electron chi connectivity index (χ0n) is 11.3. The monoisotopic (exact) mass is 283 g/mol. The van der Waals surface area contributed by atoms with E-state index in [1.54, 1.807) is 0 Å². The van der Waals surface area contributed by atoms with Crippen LogP contribution < -0.4 is 5.73 Å². The van der Waals surface area contributed by atoms with Crippen molar-refractivity contribution in [1.29, 1.82) is 0 Å². The van der Waals surface area contributed by atoms with E-state index in [0.717, 1.165) is 27.6 Å². The molecule has 0 amide bonds. The minimum Gasteiger partial charge on any atom is -0.383 e. The lowest BCUT2D eigenvalue weighted by atomic mass is 9.93. The predicted octanol–water partition coefficient (Wildman–Crippen LogP) is 4.15. The van der Waals surface area contributed by atoms with Gasteiger partial charge in [0.25, 0.3) is 0 Å². The number of hydrogen-bond donors (Lipinski definition) is 1. The third-order valence-electron chi connectivity index (χ3n) is 3.57. The van der Waals surface area contributed by atoms with Gasteiger partial charge in [0.2, 0.25) is 5.28 Å². The van der Waals surface area contributed by atoms with Crippen molar-refractivity contribution in [3.05, 3.63) is 52.8 Å². The van der Waals surface area contributed by atoms with E-state index in [2.05, 4.69) is 35.9 Å².